The molecule has 0 saturated carbocycles. The van der Waals surface area contributed by atoms with Gasteiger partial charge in [-0.05, 0) is 26.3 Å². The molecule has 4 nitrogen and oxygen atoms in total. The van der Waals surface area contributed by atoms with Gasteiger partial charge in [-0.2, -0.15) is 13.2 Å². The highest BCUT2D eigenvalue weighted by molar-refractivity contribution is 5.84. The van der Waals surface area contributed by atoms with Crippen LogP contribution in [0.2, 0.25) is 0 Å². The third-order valence-electron chi connectivity index (χ3n) is 3.01. The van der Waals surface area contributed by atoms with Crippen molar-refractivity contribution in [1.82, 2.24) is 4.90 Å². The predicted molar refractivity (Wildman–Crippen MR) is 53.2 cm³/mol. The van der Waals surface area contributed by atoms with Gasteiger partial charge in [0.05, 0.1) is 12.0 Å². The third-order valence-corrected chi connectivity index (χ3v) is 3.01. The average Bonchev–Trinajstić information content (AvgIpc) is 2.26. The van der Waals surface area contributed by atoms with Gasteiger partial charge in [-0.1, -0.05) is 5.16 Å². The SMILES string of the molecule is CC(C(N)=NO)N1CCCC(C(F)(F)F)C1. The maximum atomic E-state index is 12.5. The van der Waals surface area contributed by atoms with Crippen LogP contribution in [0.4, 0.5) is 13.2 Å². The highest BCUT2D eigenvalue weighted by Crippen LogP contribution is 2.33. The van der Waals surface area contributed by atoms with Crippen molar-refractivity contribution in [1.29, 1.82) is 0 Å². The second-order valence-electron chi connectivity index (χ2n) is 4.08. The molecule has 0 aliphatic carbocycles. The molecule has 0 amide bonds. The van der Waals surface area contributed by atoms with Crippen molar-refractivity contribution in [2.75, 3.05) is 13.1 Å². The highest BCUT2D eigenvalue weighted by Gasteiger charge is 2.42. The zero-order chi connectivity index (χ0) is 12.3. The Morgan fingerprint density at radius 3 is 2.69 bits per heavy atom. The number of piperidine rings is 1. The molecule has 0 bridgehead atoms. The molecule has 0 aromatic carbocycles. The monoisotopic (exact) mass is 239 g/mol. The first-order valence-electron chi connectivity index (χ1n) is 5.14. The number of oxime groups is 1. The molecule has 0 radical (unpaired) electrons. The number of halogens is 3. The molecule has 0 aromatic heterocycles. The first kappa shape index (κ1) is 13.1. The van der Waals surface area contributed by atoms with Gasteiger partial charge in [0, 0.05) is 6.54 Å². The molecule has 94 valence electrons. The molecule has 1 heterocycles. The van der Waals surface area contributed by atoms with Crippen LogP contribution in [0.25, 0.3) is 0 Å². The van der Waals surface area contributed by atoms with Crippen LogP contribution in [0.15, 0.2) is 5.16 Å². The summed E-state index contributed by atoms with van der Waals surface area (Å²) in [5, 5.41) is 11.3. The van der Waals surface area contributed by atoms with E-state index in [9.17, 15) is 13.2 Å². The van der Waals surface area contributed by atoms with Crippen LogP contribution in [0.1, 0.15) is 19.8 Å². The summed E-state index contributed by atoms with van der Waals surface area (Å²) in [6, 6.07) is -0.463. The summed E-state index contributed by atoms with van der Waals surface area (Å²) in [7, 11) is 0. The summed E-state index contributed by atoms with van der Waals surface area (Å²) in [5.74, 6) is -1.36. The Hall–Kier alpha value is -0.980. The van der Waals surface area contributed by atoms with Gasteiger partial charge < -0.3 is 10.9 Å². The first-order chi connectivity index (χ1) is 7.36. The van der Waals surface area contributed by atoms with Crippen LogP contribution in [0.5, 0.6) is 0 Å². The normalized spacial score (nSPS) is 26.8. The maximum absolute atomic E-state index is 12.5. The molecule has 0 spiro atoms. The Bertz CT molecular complexity index is 267. The third kappa shape index (κ3) is 3.01. The van der Waals surface area contributed by atoms with Crippen molar-refractivity contribution in [2.24, 2.45) is 16.8 Å². The van der Waals surface area contributed by atoms with Gasteiger partial charge in [0.15, 0.2) is 5.84 Å². The number of amidine groups is 1. The lowest BCUT2D eigenvalue weighted by Crippen LogP contribution is -2.50. The minimum absolute atomic E-state index is 0.0529. The quantitative estimate of drug-likeness (QED) is 0.331. The Morgan fingerprint density at radius 2 is 2.19 bits per heavy atom. The number of alkyl halides is 3. The minimum atomic E-state index is -4.16. The zero-order valence-electron chi connectivity index (χ0n) is 9.04. The van der Waals surface area contributed by atoms with Gasteiger partial charge in [0.2, 0.25) is 0 Å². The fraction of sp³-hybridized carbons (Fsp3) is 0.889. The number of hydrogen-bond donors (Lipinski definition) is 2. The minimum Gasteiger partial charge on any atom is -0.409 e. The molecular weight excluding hydrogens is 223 g/mol. The Kier molecular flexibility index (Phi) is 4.01. The van der Waals surface area contributed by atoms with Crippen LogP contribution in [0.3, 0.4) is 0 Å². The molecule has 1 fully saturated rings. The first-order valence-corrected chi connectivity index (χ1v) is 5.14. The van der Waals surface area contributed by atoms with E-state index in [2.05, 4.69) is 5.16 Å². The molecule has 1 aliphatic rings. The Labute approximate surface area is 91.9 Å². The van der Waals surface area contributed by atoms with E-state index < -0.39 is 18.1 Å². The van der Waals surface area contributed by atoms with Crippen molar-refractivity contribution in [3.8, 4) is 0 Å². The van der Waals surface area contributed by atoms with Crippen LogP contribution in [-0.4, -0.2) is 41.3 Å². The van der Waals surface area contributed by atoms with Crippen molar-refractivity contribution in [2.45, 2.75) is 32.0 Å². The van der Waals surface area contributed by atoms with Crippen LogP contribution in [-0.2, 0) is 0 Å². The van der Waals surface area contributed by atoms with Crippen molar-refractivity contribution >= 4 is 5.84 Å². The van der Waals surface area contributed by atoms with Crippen molar-refractivity contribution in [3.05, 3.63) is 0 Å². The van der Waals surface area contributed by atoms with E-state index in [-0.39, 0.29) is 18.8 Å². The molecule has 7 heteroatoms. The van der Waals surface area contributed by atoms with E-state index in [0.717, 1.165) is 0 Å². The van der Waals surface area contributed by atoms with Crippen LogP contribution in [0, 0.1) is 5.92 Å². The summed E-state index contributed by atoms with van der Waals surface area (Å²) in [6.45, 7) is 2.10. The summed E-state index contributed by atoms with van der Waals surface area (Å²) in [4.78, 5) is 1.59. The van der Waals surface area contributed by atoms with Crippen LogP contribution < -0.4 is 5.73 Å². The lowest BCUT2D eigenvalue weighted by Gasteiger charge is -2.36. The largest absolute Gasteiger partial charge is 0.409 e. The number of nitrogens with zero attached hydrogens (tertiary/aromatic N) is 2. The molecule has 2 atom stereocenters. The molecule has 1 rings (SSSR count). The van der Waals surface area contributed by atoms with Gasteiger partial charge >= 0.3 is 6.18 Å². The molecule has 16 heavy (non-hydrogen) atoms. The molecule has 0 aromatic rings. The molecule has 1 aliphatic heterocycles. The zero-order valence-corrected chi connectivity index (χ0v) is 9.04. The maximum Gasteiger partial charge on any atom is 0.393 e. The standard InChI is InChI=1S/C9H16F3N3O/c1-6(8(13)14-16)15-4-2-3-7(5-15)9(10,11)12/h6-7,16H,2-5H2,1H3,(H2,13,14). The summed E-state index contributed by atoms with van der Waals surface area (Å²) in [6.07, 6.45) is -3.53. The Morgan fingerprint density at radius 1 is 1.56 bits per heavy atom. The molecule has 3 N–H and O–H groups in total. The van der Waals surface area contributed by atoms with Gasteiger partial charge in [-0.15, -0.1) is 0 Å². The van der Waals surface area contributed by atoms with Crippen LogP contribution >= 0.6 is 0 Å². The Balaban J connectivity index is 2.64. The van der Waals surface area contributed by atoms with Gasteiger partial charge in [-0.25, -0.2) is 0 Å². The van der Waals surface area contributed by atoms with E-state index in [1.54, 1.807) is 11.8 Å². The summed E-state index contributed by atoms with van der Waals surface area (Å²) in [5.41, 5.74) is 5.38. The van der Waals surface area contributed by atoms with Gasteiger partial charge in [0.25, 0.3) is 0 Å². The fourth-order valence-electron chi connectivity index (χ4n) is 1.90. The lowest BCUT2D eigenvalue weighted by molar-refractivity contribution is -0.187. The van der Waals surface area contributed by atoms with E-state index in [1.165, 1.54) is 0 Å². The fourth-order valence-corrected chi connectivity index (χ4v) is 1.90. The summed E-state index contributed by atoms with van der Waals surface area (Å²) < 4.78 is 37.6. The lowest BCUT2D eigenvalue weighted by atomic mass is 9.96. The smallest absolute Gasteiger partial charge is 0.393 e. The van der Waals surface area contributed by atoms with E-state index in [0.29, 0.717) is 13.0 Å². The second-order valence-corrected chi connectivity index (χ2v) is 4.08. The number of likely N-dealkylation sites (tertiary alicyclic amines) is 1. The highest BCUT2D eigenvalue weighted by atomic mass is 19.4. The second kappa shape index (κ2) is 4.90. The number of nitrogens with two attached hydrogens (primary N) is 1. The van der Waals surface area contributed by atoms with E-state index in [1.807, 2.05) is 0 Å². The molecule has 1 saturated heterocycles. The van der Waals surface area contributed by atoms with Gasteiger partial charge in [-0.3, -0.25) is 4.90 Å². The molecular formula is C9H16F3N3O. The van der Waals surface area contributed by atoms with E-state index in [4.69, 9.17) is 10.9 Å². The number of rotatable bonds is 2. The topological polar surface area (TPSA) is 61.9 Å². The van der Waals surface area contributed by atoms with E-state index >= 15 is 0 Å². The van der Waals surface area contributed by atoms with Gasteiger partial charge in [0.1, 0.15) is 0 Å². The predicted octanol–water partition coefficient (Wildman–Crippen LogP) is 1.40. The average molecular weight is 239 g/mol. The summed E-state index contributed by atoms with van der Waals surface area (Å²) >= 11 is 0. The number of hydrogen-bond acceptors (Lipinski definition) is 3. The van der Waals surface area contributed by atoms with Crippen molar-refractivity contribution in [3.63, 3.8) is 0 Å². The van der Waals surface area contributed by atoms with Crippen molar-refractivity contribution < 1.29 is 18.4 Å². The molecule has 2 unspecified atom stereocenters.